The Kier molecular flexibility index (Phi) is 5.22. The van der Waals surface area contributed by atoms with Gasteiger partial charge in [-0.2, -0.15) is 0 Å². The zero-order valence-electron chi connectivity index (χ0n) is 11.9. The second kappa shape index (κ2) is 6.69. The summed E-state index contributed by atoms with van der Waals surface area (Å²) in [6.07, 6.45) is 3.90. The number of piperidine rings is 1. The molecule has 2 rings (SSSR count). The van der Waals surface area contributed by atoms with E-state index in [1.54, 1.807) is 0 Å². The first-order valence-electron chi connectivity index (χ1n) is 7.13. The zero-order valence-corrected chi connectivity index (χ0v) is 12.7. The molecule has 2 heterocycles. The van der Waals surface area contributed by atoms with Gasteiger partial charge in [-0.25, -0.2) is 0 Å². The molecule has 0 saturated carbocycles. The lowest BCUT2D eigenvalue weighted by atomic mass is 9.92. The predicted octanol–water partition coefficient (Wildman–Crippen LogP) is 3.00. The summed E-state index contributed by atoms with van der Waals surface area (Å²) < 4.78 is 0. The van der Waals surface area contributed by atoms with Crippen LogP contribution < -0.4 is 5.32 Å². The molecule has 1 saturated heterocycles. The van der Waals surface area contributed by atoms with Gasteiger partial charge in [-0.05, 0) is 57.1 Å². The molecule has 1 aromatic rings. The van der Waals surface area contributed by atoms with E-state index in [-0.39, 0.29) is 0 Å². The van der Waals surface area contributed by atoms with Crippen LogP contribution in [0.5, 0.6) is 0 Å². The van der Waals surface area contributed by atoms with E-state index in [1.165, 1.54) is 37.2 Å². The maximum Gasteiger partial charge on any atom is 0.0220 e. The molecule has 1 aliphatic heterocycles. The van der Waals surface area contributed by atoms with Crippen LogP contribution in [0.2, 0.25) is 0 Å². The molecule has 3 atom stereocenters. The Morgan fingerprint density at radius 3 is 3.06 bits per heavy atom. The summed E-state index contributed by atoms with van der Waals surface area (Å²) in [5.41, 5.74) is 0. The number of nitrogens with zero attached hydrogens (tertiary/aromatic N) is 1. The summed E-state index contributed by atoms with van der Waals surface area (Å²) in [7, 11) is 2.27. The fourth-order valence-electron chi connectivity index (χ4n) is 2.72. The van der Waals surface area contributed by atoms with Crippen LogP contribution in [-0.2, 0) is 6.42 Å². The average molecular weight is 266 g/mol. The second-order valence-corrected chi connectivity index (χ2v) is 6.78. The molecule has 1 aliphatic rings. The third-order valence-electron chi connectivity index (χ3n) is 4.24. The average Bonchev–Trinajstić information content (AvgIpc) is 2.84. The number of hydrogen-bond donors (Lipinski definition) is 1. The molecule has 0 aromatic carbocycles. The summed E-state index contributed by atoms with van der Waals surface area (Å²) in [4.78, 5) is 4.01. The first-order chi connectivity index (χ1) is 8.66. The lowest BCUT2D eigenvalue weighted by Gasteiger charge is -2.35. The van der Waals surface area contributed by atoms with Crippen LogP contribution in [-0.4, -0.2) is 37.1 Å². The van der Waals surface area contributed by atoms with Gasteiger partial charge in [0.25, 0.3) is 0 Å². The highest BCUT2D eigenvalue weighted by Gasteiger charge is 2.23. The van der Waals surface area contributed by atoms with E-state index in [2.05, 4.69) is 48.6 Å². The van der Waals surface area contributed by atoms with E-state index in [0.29, 0.717) is 12.1 Å². The normalized spacial score (nSPS) is 26.4. The van der Waals surface area contributed by atoms with Crippen LogP contribution in [0.3, 0.4) is 0 Å². The third-order valence-corrected chi connectivity index (χ3v) is 5.14. The third kappa shape index (κ3) is 3.81. The molecule has 3 heteroatoms. The Morgan fingerprint density at radius 2 is 2.39 bits per heavy atom. The van der Waals surface area contributed by atoms with E-state index < -0.39 is 0 Å². The first kappa shape index (κ1) is 14.0. The van der Waals surface area contributed by atoms with Crippen LogP contribution in [0, 0.1) is 5.92 Å². The molecule has 0 spiro atoms. The maximum absolute atomic E-state index is 3.67. The highest BCUT2D eigenvalue weighted by atomic mass is 32.1. The monoisotopic (exact) mass is 266 g/mol. The fraction of sp³-hybridized carbons (Fsp3) is 0.733. The molecule has 1 fully saturated rings. The number of hydrogen-bond acceptors (Lipinski definition) is 3. The molecule has 0 aliphatic carbocycles. The van der Waals surface area contributed by atoms with Gasteiger partial charge in [-0.15, -0.1) is 11.3 Å². The Hall–Kier alpha value is -0.380. The van der Waals surface area contributed by atoms with Gasteiger partial charge in [0.15, 0.2) is 0 Å². The van der Waals surface area contributed by atoms with Crippen molar-refractivity contribution < 1.29 is 0 Å². The number of likely N-dealkylation sites (N-methyl/N-ethyl adjacent to an activating group) is 1. The lowest BCUT2D eigenvalue weighted by Crippen LogP contribution is -2.49. The van der Waals surface area contributed by atoms with Crippen LogP contribution in [0.1, 0.15) is 31.6 Å². The number of rotatable bonds is 5. The van der Waals surface area contributed by atoms with Crippen molar-refractivity contribution in [2.75, 3.05) is 20.1 Å². The van der Waals surface area contributed by atoms with Crippen molar-refractivity contribution in [1.29, 1.82) is 0 Å². The van der Waals surface area contributed by atoms with Crippen molar-refractivity contribution in [2.45, 2.75) is 45.2 Å². The predicted molar refractivity (Wildman–Crippen MR) is 80.3 cm³/mol. The fourth-order valence-corrected chi connectivity index (χ4v) is 3.55. The van der Waals surface area contributed by atoms with E-state index in [0.717, 1.165) is 5.92 Å². The summed E-state index contributed by atoms with van der Waals surface area (Å²) in [6, 6.07) is 5.70. The van der Waals surface area contributed by atoms with Crippen LogP contribution in [0.4, 0.5) is 0 Å². The largest absolute Gasteiger partial charge is 0.312 e. The van der Waals surface area contributed by atoms with Gasteiger partial charge < -0.3 is 10.2 Å². The van der Waals surface area contributed by atoms with Gasteiger partial charge in [-0.1, -0.05) is 13.0 Å². The molecule has 3 unspecified atom stereocenters. The second-order valence-electron chi connectivity index (χ2n) is 5.75. The first-order valence-corrected chi connectivity index (χ1v) is 8.01. The quantitative estimate of drug-likeness (QED) is 0.881. The minimum Gasteiger partial charge on any atom is -0.312 e. The van der Waals surface area contributed by atoms with Gasteiger partial charge >= 0.3 is 0 Å². The Labute approximate surface area is 115 Å². The number of thiophene rings is 1. The molecule has 0 amide bonds. The highest BCUT2D eigenvalue weighted by Crippen LogP contribution is 2.18. The van der Waals surface area contributed by atoms with Crippen LogP contribution in [0.25, 0.3) is 0 Å². The van der Waals surface area contributed by atoms with E-state index in [1.807, 2.05) is 11.3 Å². The minimum absolute atomic E-state index is 0.625. The van der Waals surface area contributed by atoms with Gasteiger partial charge in [0.1, 0.15) is 0 Å². The van der Waals surface area contributed by atoms with Crippen LogP contribution >= 0.6 is 11.3 Å². The summed E-state index contributed by atoms with van der Waals surface area (Å²) in [6.45, 7) is 7.09. The van der Waals surface area contributed by atoms with Gasteiger partial charge in [0, 0.05) is 23.5 Å². The summed E-state index contributed by atoms with van der Waals surface area (Å²) >= 11 is 1.87. The lowest BCUT2D eigenvalue weighted by molar-refractivity contribution is 0.182. The van der Waals surface area contributed by atoms with Crippen molar-refractivity contribution >= 4 is 11.3 Å². The van der Waals surface area contributed by atoms with Gasteiger partial charge in [0.2, 0.25) is 0 Å². The van der Waals surface area contributed by atoms with Crippen molar-refractivity contribution in [1.82, 2.24) is 10.2 Å². The molecule has 1 aromatic heterocycles. The Morgan fingerprint density at radius 1 is 1.56 bits per heavy atom. The molecule has 1 N–H and O–H groups in total. The van der Waals surface area contributed by atoms with Gasteiger partial charge in [-0.3, -0.25) is 0 Å². The SMILES string of the molecule is CC1CCCNC1CN(C)C(C)Cc1cccs1. The van der Waals surface area contributed by atoms with Crippen molar-refractivity contribution in [3.8, 4) is 0 Å². The molecule has 0 radical (unpaired) electrons. The smallest absolute Gasteiger partial charge is 0.0220 e. The van der Waals surface area contributed by atoms with Crippen molar-refractivity contribution in [3.63, 3.8) is 0 Å². The molecular weight excluding hydrogens is 240 g/mol. The molecule has 18 heavy (non-hydrogen) atoms. The van der Waals surface area contributed by atoms with Gasteiger partial charge in [0.05, 0.1) is 0 Å². The van der Waals surface area contributed by atoms with Crippen molar-refractivity contribution in [3.05, 3.63) is 22.4 Å². The van der Waals surface area contributed by atoms with E-state index in [9.17, 15) is 0 Å². The molecule has 2 nitrogen and oxygen atoms in total. The molecular formula is C15H26N2S. The van der Waals surface area contributed by atoms with Crippen molar-refractivity contribution in [2.24, 2.45) is 5.92 Å². The molecule has 102 valence electrons. The molecule has 0 bridgehead atoms. The Balaban J connectivity index is 1.81. The maximum atomic E-state index is 3.67. The number of nitrogens with one attached hydrogen (secondary N) is 1. The van der Waals surface area contributed by atoms with Crippen LogP contribution in [0.15, 0.2) is 17.5 Å². The highest BCUT2D eigenvalue weighted by molar-refractivity contribution is 7.09. The zero-order chi connectivity index (χ0) is 13.0. The standard InChI is InChI=1S/C15H26N2S/c1-12-6-4-8-16-15(12)11-17(3)13(2)10-14-7-5-9-18-14/h5,7,9,12-13,15-16H,4,6,8,10-11H2,1-3H3. The van der Waals surface area contributed by atoms with E-state index in [4.69, 9.17) is 0 Å². The topological polar surface area (TPSA) is 15.3 Å². The Bertz CT molecular complexity index is 336. The summed E-state index contributed by atoms with van der Waals surface area (Å²) in [5.74, 6) is 0.815. The summed E-state index contributed by atoms with van der Waals surface area (Å²) in [5, 5.41) is 5.85. The minimum atomic E-state index is 0.625. The van der Waals surface area contributed by atoms with E-state index >= 15 is 0 Å².